The minimum atomic E-state index is -0.481. The molecule has 3 heteroatoms. The summed E-state index contributed by atoms with van der Waals surface area (Å²) in [7, 11) is 0. The zero-order valence-corrected chi connectivity index (χ0v) is 29.7. The maximum Gasteiger partial charge on any atom is 0.125 e. The number of hydrogen-bond acceptors (Lipinski definition) is 2. The normalized spacial score (nSPS) is 16.9. The maximum absolute atomic E-state index is 3.95. The third kappa shape index (κ3) is 4.46. The second-order valence-corrected chi connectivity index (χ2v) is 14.5. The van der Waals surface area contributed by atoms with Crippen molar-refractivity contribution in [1.82, 2.24) is 9.99 Å². The molecular weight excluding hydrogens is 655 g/mol. The van der Waals surface area contributed by atoms with E-state index in [1.807, 2.05) is 0 Å². The molecule has 1 saturated heterocycles. The van der Waals surface area contributed by atoms with Crippen LogP contribution < -0.4 is 10.3 Å². The van der Waals surface area contributed by atoms with Crippen molar-refractivity contribution in [3.05, 3.63) is 240 Å². The molecule has 1 aliphatic heterocycles. The fourth-order valence-corrected chi connectivity index (χ4v) is 9.36. The van der Waals surface area contributed by atoms with E-state index >= 15 is 0 Å². The molecule has 0 amide bonds. The van der Waals surface area contributed by atoms with Crippen molar-refractivity contribution < 1.29 is 0 Å². The number of benzene rings is 8. The second-order valence-electron chi connectivity index (χ2n) is 14.5. The van der Waals surface area contributed by atoms with Gasteiger partial charge in [-0.2, -0.15) is 0 Å². The van der Waals surface area contributed by atoms with Crippen LogP contribution in [0.5, 0.6) is 0 Å². The number of nitrogens with one attached hydrogen (secondary N) is 1. The number of nitrogens with zero attached hydrogens (tertiary/aromatic N) is 2. The Bertz CT molecular complexity index is 2710. The van der Waals surface area contributed by atoms with Gasteiger partial charge in [0.1, 0.15) is 12.3 Å². The first kappa shape index (κ1) is 30.9. The van der Waals surface area contributed by atoms with Gasteiger partial charge in [-0.05, 0) is 79.9 Å². The molecule has 2 heterocycles. The molecule has 0 spiro atoms. The molecule has 1 N–H and O–H groups in total. The fourth-order valence-electron chi connectivity index (χ4n) is 9.36. The first-order valence-corrected chi connectivity index (χ1v) is 18.8. The number of fused-ring (bicyclic) bond motifs is 6. The van der Waals surface area contributed by atoms with Crippen LogP contribution in [0.1, 0.15) is 45.7 Å². The lowest BCUT2D eigenvalue weighted by Crippen LogP contribution is -2.62. The second kappa shape index (κ2) is 12.2. The minimum Gasteiger partial charge on any atom is -0.269 e. The van der Waals surface area contributed by atoms with Gasteiger partial charge in [0.15, 0.2) is 0 Å². The molecule has 9 aromatic rings. The monoisotopic (exact) mass is 691 g/mol. The molecule has 0 saturated carbocycles. The van der Waals surface area contributed by atoms with Gasteiger partial charge >= 0.3 is 0 Å². The van der Waals surface area contributed by atoms with Crippen LogP contribution in [0.15, 0.2) is 206 Å². The third-order valence-corrected chi connectivity index (χ3v) is 11.7. The lowest BCUT2D eigenvalue weighted by Gasteiger charge is -2.52. The molecule has 256 valence electrons. The van der Waals surface area contributed by atoms with E-state index in [-0.39, 0.29) is 12.3 Å². The van der Waals surface area contributed by atoms with Gasteiger partial charge in [-0.3, -0.25) is 15.0 Å². The Balaban J connectivity index is 1.25. The lowest BCUT2D eigenvalue weighted by atomic mass is 9.67. The van der Waals surface area contributed by atoms with Crippen LogP contribution in [-0.2, 0) is 5.41 Å². The molecule has 1 fully saturated rings. The van der Waals surface area contributed by atoms with Crippen LogP contribution >= 0.6 is 0 Å². The van der Waals surface area contributed by atoms with Crippen LogP contribution in [-0.4, -0.2) is 4.68 Å². The van der Waals surface area contributed by atoms with E-state index < -0.39 is 5.41 Å². The summed E-state index contributed by atoms with van der Waals surface area (Å²) in [6, 6.07) is 75.7. The highest BCUT2D eigenvalue weighted by atomic mass is 15.7. The zero-order chi connectivity index (χ0) is 35.6. The molecule has 2 aliphatic rings. The third-order valence-electron chi connectivity index (χ3n) is 11.7. The molecule has 1 aromatic heterocycles. The SMILES string of the molecule is c1ccc(-c2ccc3c(c2)c2cc4c(cc2n3N2C(c3ccccc3)NC2c2ccccc2)-c2ccccc2C4(c2ccccc2)c2ccccc2)cc1. The molecule has 1 aliphatic carbocycles. The van der Waals surface area contributed by atoms with Crippen molar-refractivity contribution in [3.63, 3.8) is 0 Å². The summed E-state index contributed by atoms with van der Waals surface area (Å²) in [6.45, 7) is 0. The highest BCUT2D eigenvalue weighted by Crippen LogP contribution is 2.57. The van der Waals surface area contributed by atoms with E-state index in [1.54, 1.807) is 0 Å². The molecule has 11 rings (SSSR count). The summed E-state index contributed by atoms with van der Waals surface area (Å²) in [5.41, 5.74) is 14.6. The number of hydrogen-bond donors (Lipinski definition) is 1. The quantitative estimate of drug-likeness (QED) is 0.187. The first-order chi connectivity index (χ1) is 26.8. The predicted octanol–water partition coefficient (Wildman–Crippen LogP) is 11.8. The van der Waals surface area contributed by atoms with E-state index in [4.69, 9.17) is 0 Å². The highest BCUT2D eigenvalue weighted by molar-refractivity contribution is 6.12. The van der Waals surface area contributed by atoms with Crippen molar-refractivity contribution in [2.75, 3.05) is 5.01 Å². The van der Waals surface area contributed by atoms with Gasteiger partial charge in [0, 0.05) is 10.8 Å². The molecule has 2 atom stereocenters. The predicted molar refractivity (Wildman–Crippen MR) is 222 cm³/mol. The Hall–Kier alpha value is -6.68. The summed E-state index contributed by atoms with van der Waals surface area (Å²) in [6.07, 6.45) is -0.0328. The Morgan fingerprint density at radius 3 is 1.52 bits per heavy atom. The lowest BCUT2D eigenvalue weighted by molar-refractivity contribution is 0.211. The van der Waals surface area contributed by atoms with Crippen LogP contribution in [0, 0.1) is 0 Å². The molecule has 0 radical (unpaired) electrons. The molecule has 0 bridgehead atoms. The van der Waals surface area contributed by atoms with E-state index in [0.29, 0.717) is 0 Å². The van der Waals surface area contributed by atoms with E-state index in [0.717, 1.165) is 0 Å². The van der Waals surface area contributed by atoms with E-state index in [1.165, 1.54) is 77.4 Å². The van der Waals surface area contributed by atoms with Crippen LogP contribution in [0.2, 0.25) is 0 Å². The summed E-state index contributed by atoms with van der Waals surface area (Å²) in [5, 5.41) is 8.98. The van der Waals surface area contributed by atoms with Crippen molar-refractivity contribution in [2.24, 2.45) is 0 Å². The standard InChI is InChI=1S/C51H37N3/c1-6-18-35(19-7-1)38-30-31-47-43(32-38)44-33-46-42(41-28-16-17-29-45(41)51(46,39-24-12-4-13-25-39)40-26-14-5-15-27-40)34-48(44)53(47)54-49(36-20-8-2-9-21-36)52-50(54)37-22-10-3-11-23-37/h1-34,49-50,52H. The van der Waals surface area contributed by atoms with Gasteiger partial charge in [0.2, 0.25) is 0 Å². The summed E-state index contributed by atoms with van der Waals surface area (Å²) >= 11 is 0. The van der Waals surface area contributed by atoms with Crippen molar-refractivity contribution in [1.29, 1.82) is 0 Å². The van der Waals surface area contributed by atoms with Gasteiger partial charge in [-0.25, -0.2) is 0 Å². The number of rotatable bonds is 6. The largest absolute Gasteiger partial charge is 0.269 e. The topological polar surface area (TPSA) is 20.2 Å². The van der Waals surface area contributed by atoms with E-state index in [9.17, 15) is 0 Å². The summed E-state index contributed by atoms with van der Waals surface area (Å²) in [4.78, 5) is 0. The van der Waals surface area contributed by atoms with E-state index in [2.05, 4.69) is 221 Å². The Morgan fingerprint density at radius 1 is 0.389 bits per heavy atom. The Morgan fingerprint density at radius 2 is 0.907 bits per heavy atom. The highest BCUT2D eigenvalue weighted by Gasteiger charge is 2.47. The zero-order valence-electron chi connectivity index (χ0n) is 29.7. The molecule has 3 nitrogen and oxygen atoms in total. The first-order valence-electron chi connectivity index (χ1n) is 18.8. The van der Waals surface area contributed by atoms with Crippen LogP contribution in [0.3, 0.4) is 0 Å². The molecule has 8 aromatic carbocycles. The Labute approximate surface area is 315 Å². The molecule has 54 heavy (non-hydrogen) atoms. The van der Waals surface area contributed by atoms with Gasteiger partial charge in [0.05, 0.1) is 16.4 Å². The Kier molecular flexibility index (Phi) is 6.98. The molecular formula is C51H37N3. The van der Waals surface area contributed by atoms with Crippen molar-refractivity contribution in [2.45, 2.75) is 17.7 Å². The van der Waals surface area contributed by atoms with Gasteiger partial charge in [0.25, 0.3) is 0 Å². The van der Waals surface area contributed by atoms with Crippen LogP contribution in [0.25, 0.3) is 44.1 Å². The van der Waals surface area contributed by atoms with Crippen LogP contribution in [0.4, 0.5) is 0 Å². The average molecular weight is 692 g/mol. The van der Waals surface area contributed by atoms with Gasteiger partial charge in [-0.1, -0.05) is 182 Å². The molecule has 2 unspecified atom stereocenters. The van der Waals surface area contributed by atoms with Gasteiger partial charge < -0.3 is 0 Å². The smallest absolute Gasteiger partial charge is 0.125 e. The van der Waals surface area contributed by atoms with Gasteiger partial charge in [-0.15, -0.1) is 0 Å². The maximum atomic E-state index is 3.95. The van der Waals surface area contributed by atoms with Crippen molar-refractivity contribution >= 4 is 21.8 Å². The van der Waals surface area contributed by atoms with Crippen molar-refractivity contribution in [3.8, 4) is 22.3 Å². The summed E-state index contributed by atoms with van der Waals surface area (Å²) < 4.78 is 2.51. The summed E-state index contributed by atoms with van der Waals surface area (Å²) in [5.74, 6) is 0. The minimum absolute atomic E-state index is 0.0164. The fraction of sp³-hybridized carbons (Fsp3) is 0.0588. The number of aromatic nitrogens is 1. The average Bonchev–Trinajstić information content (AvgIpc) is 3.70.